The average molecular weight is 722 g/mol. The molecule has 1 saturated carbocycles. The number of nitrogens with one attached hydrogen (secondary N) is 2. The Morgan fingerprint density at radius 3 is 2.51 bits per heavy atom. The van der Waals surface area contributed by atoms with Crippen LogP contribution >= 0.6 is 0 Å². The fourth-order valence-electron chi connectivity index (χ4n) is 9.01. The van der Waals surface area contributed by atoms with Crippen LogP contribution in [0.2, 0.25) is 0 Å². The van der Waals surface area contributed by atoms with Crippen molar-refractivity contribution in [2.24, 2.45) is 11.3 Å². The summed E-state index contributed by atoms with van der Waals surface area (Å²) in [5, 5.41) is 22.6. The molecule has 6 heterocycles. The molecule has 1 saturated heterocycles. The smallest absolute Gasteiger partial charge is 0.372 e. The van der Waals surface area contributed by atoms with Crippen molar-refractivity contribution in [1.82, 2.24) is 38.9 Å². The molecule has 3 atom stereocenters. The molecule has 3 aliphatic rings. The summed E-state index contributed by atoms with van der Waals surface area (Å²) in [6.07, 6.45) is 5.70. The molecule has 6 aromatic rings. The van der Waals surface area contributed by atoms with Gasteiger partial charge in [0.1, 0.15) is 23.4 Å². The average Bonchev–Trinajstić information content (AvgIpc) is 3.64. The number of aryl methyl sites for hydroxylation is 2. The van der Waals surface area contributed by atoms with Gasteiger partial charge in [-0.3, -0.25) is 19.0 Å². The van der Waals surface area contributed by atoms with E-state index in [4.69, 9.17) is 9.62 Å². The lowest BCUT2D eigenvalue weighted by Crippen LogP contribution is -2.40. The molecule has 4 aromatic heterocycles. The van der Waals surface area contributed by atoms with E-state index in [2.05, 4.69) is 69.6 Å². The van der Waals surface area contributed by atoms with E-state index in [1.807, 2.05) is 4.90 Å². The van der Waals surface area contributed by atoms with Gasteiger partial charge in [-0.2, -0.15) is 5.10 Å². The minimum Gasteiger partial charge on any atom is -0.372 e. The number of aliphatic hydroxyl groups excluding tert-OH is 1. The van der Waals surface area contributed by atoms with Gasteiger partial charge in [-0.25, -0.2) is 18.7 Å². The lowest BCUT2D eigenvalue weighted by Gasteiger charge is -2.39. The zero-order chi connectivity index (χ0) is 37.0. The molecule has 3 N–H and O–H groups in total. The summed E-state index contributed by atoms with van der Waals surface area (Å²) >= 11 is 0. The maximum absolute atomic E-state index is 14.7. The van der Waals surface area contributed by atoms with Gasteiger partial charge >= 0.3 is 11.4 Å². The lowest BCUT2D eigenvalue weighted by molar-refractivity contribution is -0.0143. The van der Waals surface area contributed by atoms with Crippen LogP contribution in [0.5, 0.6) is 0 Å². The highest BCUT2D eigenvalue weighted by Gasteiger charge is 2.59. The molecule has 0 radical (unpaired) electrons. The number of aromatic amines is 2. The Bertz CT molecular complexity index is 2490. The van der Waals surface area contributed by atoms with Crippen molar-refractivity contribution >= 4 is 16.6 Å². The van der Waals surface area contributed by atoms with E-state index < -0.39 is 17.5 Å². The molecule has 276 valence electrons. The fraction of sp³-hybridized carbons (Fsp3) is 0.436. The maximum atomic E-state index is 14.7. The normalized spacial score (nSPS) is 22.0. The number of fused-ring (bicyclic) bond motifs is 2. The molecule has 2 aliphatic heterocycles. The number of imidazole rings is 1. The fourth-order valence-corrected chi connectivity index (χ4v) is 9.01. The third kappa shape index (κ3) is 5.32. The van der Waals surface area contributed by atoms with Crippen LogP contribution in [0.3, 0.4) is 0 Å². The van der Waals surface area contributed by atoms with Crippen LogP contribution in [0, 0.1) is 31.0 Å². The van der Waals surface area contributed by atoms with Crippen molar-refractivity contribution in [3.63, 3.8) is 0 Å². The number of rotatable bonds is 7. The summed E-state index contributed by atoms with van der Waals surface area (Å²) < 4.78 is 25.1. The van der Waals surface area contributed by atoms with Crippen LogP contribution in [0.15, 0.2) is 62.9 Å². The SMILES string of the molecule is Cc1cc(-n2nc3c(c2-n2cc[nH]c2=O)CN(C(O)c2cc4cc(N5CCCC(C)(C)C5)ccc4n2[C@@]2(c4noc(=O)[nH]4)C[C@@H]2C)CC3)cc(C)c1F. The number of benzene rings is 2. The standard InChI is InChI=1S/C39H44FN9O4/c1-22-15-27(16-23(2)32(22)40)49-33(47-14-11-41-36(47)51)28-20-45(13-9-29(28)43-49)34(50)31-18-25-17-26(46-12-6-10-38(4,5)21-46)7-8-30(25)48(31)39(19-24(39)3)35-42-37(52)53-44-35/h7-8,11,14-18,24,34,50H,6,9-10,12-13,19-21H2,1-5H3,(H,41,51)(H,42,44,52)/t24-,34?,39-/m0/s1. The highest BCUT2D eigenvalue weighted by molar-refractivity contribution is 5.86. The Morgan fingerprint density at radius 1 is 1.08 bits per heavy atom. The van der Waals surface area contributed by atoms with Crippen molar-refractivity contribution in [2.75, 3.05) is 24.5 Å². The molecule has 0 bridgehead atoms. The third-order valence-electron chi connectivity index (χ3n) is 11.8. The molecule has 2 aromatic carbocycles. The van der Waals surface area contributed by atoms with E-state index in [0.29, 0.717) is 60.1 Å². The molecule has 0 amide bonds. The second-order valence-corrected chi connectivity index (χ2v) is 16.1. The van der Waals surface area contributed by atoms with Gasteiger partial charge in [0.2, 0.25) is 0 Å². The number of hydrogen-bond donors (Lipinski definition) is 3. The molecule has 0 spiro atoms. The third-order valence-corrected chi connectivity index (χ3v) is 11.8. The zero-order valence-electron chi connectivity index (χ0n) is 30.6. The van der Waals surface area contributed by atoms with E-state index in [1.54, 1.807) is 43.1 Å². The van der Waals surface area contributed by atoms with E-state index in [-0.39, 0.29) is 22.8 Å². The van der Waals surface area contributed by atoms with Crippen molar-refractivity contribution < 1.29 is 14.0 Å². The van der Waals surface area contributed by atoms with E-state index in [1.165, 1.54) is 11.0 Å². The number of nitrogens with zero attached hydrogens (tertiary/aromatic N) is 7. The second kappa shape index (κ2) is 11.9. The highest BCUT2D eigenvalue weighted by atomic mass is 19.1. The predicted molar refractivity (Wildman–Crippen MR) is 197 cm³/mol. The first-order valence-corrected chi connectivity index (χ1v) is 18.4. The van der Waals surface area contributed by atoms with Gasteiger partial charge in [0.05, 0.1) is 17.1 Å². The number of hydrogen-bond acceptors (Lipinski definition) is 8. The summed E-state index contributed by atoms with van der Waals surface area (Å²) in [6, 6.07) is 12.0. The van der Waals surface area contributed by atoms with Crippen molar-refractivity contribution in [2.45, 2.75) is 78.6 Å². The monoisotopic (exact) mass is 721 g/mol. The van der Waals surface area contributed by atoms with E-state index in [9.17, 15) is 19.1 Å². The molecule has 53 heavy (non-hydrogen) atoms. The van der Waals surface area contributed by atoms with Crippen molar-refractivity contribution in [3.8, 4) is 11.5 Å². The maximum Gasteiger partial charge on any atom is 0.438 e. The van der Waals surface area contributed by atoms with Gasteiger partial charge in [-0.15, -0.1) is 0 Å². The number of H-pyrrole nitrogens is 2. The van der Waals surface area contributed by atoms with Crippen LogP contribution in [-0.4, -0.2) is 63.7 Å². The summed E-state index contributed by atoms with van der Waals surface area (Å²) in [5.74, 6) is 0.180. The second-order valence-electron chi connectivity index (χ2n) is 16.1. The van der Waals surface area contributed by atoms with Gasteiger partial charge < -0.3 is 19.6 Å². The minimum atomic E-state index is -1.06. The first kappa shape index (κ1) is 33.6. The van der Waals surface area contributed by atoms with Crippen LogP contribution in [0.4, 0.5) is 10.1 Å². The summed E-state index contributed by atoms with van der Waals surface area (Å²) in [6.45, 7) is 12.9. The molecule has 13 nitrogen and oxygen atoms in total. The first-order valence-electron chi connectivity index (χ1n) is 18.4. The Labute approximate surface area is 304 Å². The molecular weight excluding hydrogens is 677 g/mol. The van der Waals surface area contributed by atoms with Gasteiger partial charge in [-0.1, -0.05) is 25.9 Å². The number of piperidine rings is 1. The van der Waals surface area contributed by atoms with Crippen LogP contribution < -0.4 is 16.3 Å². The molecule has 9 rings (SSSR count). The van der Waals surface area contributed by atoms with Crippen LogP contribution in [0.25, 0.3) is 22.4 Å². The molecule has 1 unspecified atom stereocenters. The van der Waals surface area contributed by atoms with E-state index >= 15 is 0 Å². The van der Waals surface area contributed by atoms with Crippen molar-refractivity contribution in [1.29, 1.82) is 0 Å². The summed E-state index contributed by atoms with van der Waals surface area (Å²) in [4.78, 5) is 35.4. The van der Waals surface area contributed by atoms with Crippen molar-refractivity contribution in [3.05, 3.63) is 110 Å². The minimum absolute atomic E-state index is 0.105. The Kier molecular flexibility index (Phi) is 7.55. The number of halogens is 1. The van der Waals surface area contributed by atoms with Gasteiger partial charge in [0.15, 0.2) is 5.82 Å². The first-order chi connectivity index (χ1) is 25.3. The number of anilines is 1. The molecule has 2 fully saturated rings. The zero-order valence-corrected chi connectivity index (χ0v) is 30.6. The van der Waals surface area contributed by atoms with Crippen LogP contribution in [0.1, 0.15) is 80.2 Å². The molecule has 14 heteroatoms. The highest BCUT2D eigenvalue weighted by Crippen LogP contribution is 2.56. The lowest BCUT2D eigenvalue weighted by atomic mass is 9.84. The number of aliphatic hydroxyl groups is 1. The van der Waals surface area contributed by atoms with E-state index in [0.717, 1.165) is 47.4 Å². The summed E-state index contributed by atoms with van der Waals surface area (Å²) in [5.41, 5.74) is 5.11. The Hall–Kier alpha value is -5.21. The topological polar surface area (TPSA) is 146 Å². The Morgan fingerprint density at radius 2 is 1.85 bits per heavy atom. The van der Waals surface area contributed by atoms with Crippen LogP contribution in [-0.2, 0) is 18.5 Å². The quantitative estimate of drug-likeness (QED) is 0.204. The number of aromatic nitrogens is 7. The van der Waals surface area contributed by atoms with Gasteiger partial charge in [0.25, 0.3) is 0 Å². The Balaban J connectivity index is 1.16. The molecule has 1 aliphatic carbocycles. The largest absolute Gasteiger partial charge is 0.438 e. The molecular formula is C39H44FN9O4. The predicted octanol–water partition coefficient (Wildman–Crippen LogP) is 5.20. The van der Waals surface area contributed by atoms with Gasteiger partial charge in [-0.05, 0) is 92.0 Å². The van der Waals surface area contributed by atoms with Gasteiger partial charge in [0, 0.05) is 67.1 Å². The summed E-state index contributed by atoms with van der Waals surface area (Å²) in [7, 11) is 0.